The van der Waals surface area contributed by atoms with E-state index in [2.05, 4.69) is 5.32 Å². The molecule has 0 saturated carbocycles. The van der Waals surface area contributed by atoms with Gasteiger partial charge in [0.1, 0.15) is 0 Å². The van der Waals surface area contributed by atoms with Gasteiger partial charge in [-0.05, 0) is 35.7 Å². The summed E-state index contributed by atoms with van der Waals surface area (Å²) in [5, 5.41) is 1.81. The summed E-state index contributed by atoms with van der Waals surface area (Å²) in [6.45, 7) is 10.5. The molecule has 3 rings (SSSR count). The van der Waals surface area contributed by atoms with E-state index >= 15 is 0 Å². The van der Waals surface area contributed by atoms with E-state index < -0.39 is 45.1 Å². The second kappa shape index (κ2) is 15.7. The Bertz CT molecular complexity index is 1280. The van der Waals surface area contributed by atoms with Gasteiger partial charge in [0.25, 0.3) is 0 Å². The van der Waals surface area contributed by atoms with Gasteiger partial charge in [-0.15, -0.1) is 0 Å². The molecule has 1 saturated heterocycles. The number of hydrogen-bond donors (Lipinski definition) is 1. The molecule has 252 valence electrons. The zero-order valence-electron chi connectivity index (χ0n) is 27.3. The van der Waals surface area contributed by atoms with Crippen LogP contribution in [0.1, 0.15) is 38.3 Å². The average Bonchev–Trinajstić information content (AvgIpc) is 2.98. The SMILES string of the molecule is COC(=O)/C=C\C[C@@H](O[Si](C)(C)C(C)(C)C)[C@H](CNC(=O)C(F)(F)F)N1CN(Cc2ccccc2)C(=O)N(Cc2ccccc2)C1. The molecule has 0 spiro atoms. The second-order valence-corrected chi connectivity index (χ2v) is 17.6. The molecule has 3 amide bonds. The summed E-state index contributed by atoms with van der Waals surface area (Å²) in [4.78, 5) is 43.0. The molecule has 0 unspecified atom stereocenters. The maximum Gasteiger partial charge on any atom is 0.471 e. The molecular weight excluding hydrogens is 617 g/mol. The quantitative estimate of drug-likeness (QED) is 0.163. The Kier molecular flexibility index (Phi) is 12.6. The molecule has 0 aromatic heterocycles. The molecule has 0 aliphatic carbocycles. The van der Waals surface area contributed by atoms with Gasteiger partial charge in [0.05, 0.1) is 32.6 Å². The first kappa shape index (κ1) is 36.8. The van der Waals surface area contributed by atoms with Crippen molar-refractivity contribution in [2.45, 2.75) is 76.7 Å². The van der Waals surface area contributed by atoms with Gasteiger partial charge in [0.15, 0.2) is 8.32 Å². The van der Waals surface area contributed by atoms with Crippen molar-refractivity contribution in [2.24, 2.45) is 0 Å². The largest absolute Gasteiger partial charge is 0.471 e. The summed E-state index contributed by atoms with van der Waals surface area (Å²) in [5.41, 5.74) is 1.77. The maximum absolute atomic E-state index is 13.8. The van der Waals surface area contributed by atoms with Crippen molar-refractivity contribution in [2.75, 3.05) is 27.0 Å². The van der Waals surface area contributed by atoms with Crippen LogP contribution >= 0.6 is 0 Å². The number of ether oxygens (including phenoxy) is 1. The Morgan fingerprint density at radius 2 is 1.43 bits per heavy atom. The number of nitrogens with one attached hydrogen (secondary N) is 1. The number of methoxy groups -OCH3 is 1. The summed E-state index contributed by atoms with van der Waals surface area (Å²) < 4.78 is 51.7. The van der Waals surface area contributed by atoms with Gasteiger partial charge >= 0.3 is 24.1 Å². The number of urea groups is 1. The van der Waals surface area contributed by atoms with Crippen LogP contribution in [0.15, 0.2) is 72.8 Å². The molecule has 1 aliphatic heterocycles. The van der Waals surface area contributed by atoms with E-state index in [-0.39, 0.29) is 43.9 Å². The van der Waals surface area contributed by atoms with Crippen LogP contribution in [-0.2, 0) is 31.8 Å². The first-order valence-corrected chi connectivity index (χ1v) is 18.1. The zero-order chi connectivity index (χ0) is 34.1. The third kappa shape index (κ3) is 10.4. The molecule has 1 fully saturated rings. The monoisotopic (exact) mass is 662 g/mol. The lowest BCUT2D eigenvalue weighted by Crippen LogP contribution is -2.64. The van der Waals surface area contributed by atoms with Crippen LogP contribution in [0, 0.1) is 0 Å². The summed E-state index contributed by atoms with van der Waals surface area (Å²) in [5.74, 6) is -2.65. The number of alkyl halides is 3. The molecule has 1 heterocycles. The maximum atomic E-state index is 13.8. The van der Waals surface area contributed by atoms with Gasteiger partial charge in [0.2, 0.25) is 0 Å². The van der Waals surface area contributed by atoms with Crippen LogP contribution in [0.4, 0.5) is 18.0 Å². The van der Waals surface area contributed by atoms with Gasteiger partial charge in [0, 0.05) is 25.7 Å². The number of nitrogens with zero attached hydrogens (tertiary/aromatic N) is 3. The summed E-state index contributed by atoms with van der Waals surface area (Å²) in [7, 11) is -1.30. The van der Waals surface area contributed by atoms with E-state index in [0.717, 1.165) is 11.1 Å². The van der Waals surface area contributed by atoms with E-state index in [9.17, 15) is 27.6 Å². The lowest BCUT2D eigenvalue weighted by Gasteiger charge is -2.49. The molecule has 46 heavy (non-hydrogen) atoms. The highest BCUT2D eigenvalue weighted by Crippen LogP contribution is 2.38. The van der Waals surface area contributed by atoms with E-state index in [1.807, 2.05) is 99.4 Å². The third-order valence-electron chi connectivity index (χ3n) is 8.38. The fraction of sp³-hybridized carbons (Fsp3) is 0.485. The minimum absolute atomic E-state index is 0.0731. The van der Waals surface area contributed by atoms with Crippen LogP contribution < -0.4 is 5.32 Å². The topological polar surface area (TPSA) is 91.4 Å². The van der Waals surface area contributed by atoms with E-state index in [1.165, 1.54) is 13.2 Å². The number of amides is 3. The molecular formula is C33H45F3N4O5Si. The van der Waals surface area contributed by atoms with Gasteiger partial charge in [-0.2, -0.15) is 13.2 Å². The van der Waals surface area contributed by atoms with E-state index in [4.69, 9.17) is 9.16 Å². The molecule has 13 heteroatoms. The fourth-order valence-corrected chi connectivity index (χ4v) is 6.22. The van der Waals surface area contributed by atoms with Crippen LogP contribution in [0.3, 0.4) is 0 Å². The van der Waals surface area contributed by atoms with Crippen LogP contribution in [0.2, 0.25) is 18.1 Å². The number of benzene rings is 2. The van der Waals surface area contributed by atoms with E-state index in [0.29, 0.717) is 0 Å². The molecule has 0 bridgehead atoms. The van der Waals surface area contributed by atoms with Crippen molar-refractivity contribution in [3.8, 4) is 0 Å². The van der Waals surface area contributed by atoms with Crippen LogP contribution in [0.25, 0.3) is 0 Å². The predicted octanol–water partition coefficient (Wildman–Crippen LogP) is 5.90. The van der Waals surface area contributed by atoms with Crippen molar-refractivity contribution >= 4 is 26.2 Å². The summed E-state index contributed by atoms with van der Waals surface area (Å²) >= 11 is 0. The number of rotatable bonds is 13. The molecule has 2 atom stereocenters. The Balaban J connectivity index is 2.07. The average molecular weight is 663 g/mol. The number of halogens is 3. The summed E-state index contributed by atoms with van der Waals surface area (Å²) in [6, 6.07) is 17.8. The normalized spacial score (nSPS) is 16.4. The molecule has 2 aromatic rings. The second-order valence-electron chi connectivity index (χ2n) is 12.9. The minimum atomic E-state index is -5.08. The van der Waals surface area contributed by atoms with Crippen LogP contribution in [-0.4, -0.2) is 86.2 Å². The smallest absolute Gasteiger partial charge is 0.466 e. The lowest BCUT2D eigenvalue weighted by molar-refractivity contribution is -0.174. The Morgan fingerprint density at radius 1 is 0.935 bits per heavy atom. The Hall–Kier alpha value is -3.68. The third-order valence-corrected chi connectivity index (χ3v) is 12.9. The van der Waals surface area contributed by atoms with Crippen molar-refractivity contribution in [1.29, 1.82) is 0 Å². The molecule has 1 aliphatic rings. The lowest BCUT2D eigenvalue weighted by atomic mass is 10.1. The Labute approximate surface area is 270 Å². The number of hydrogen-bond acceptors (Lipinski definition) is 6. The van der Waals surface area contributed by atoms with Crippen molar-refractivity contribution in [3.63, 3.8) is 0 Å². The fourth-order valence-electron chi connectivity index (χ4n) is 4.86. The first-order chi connectivity index (χ1) is 21.5. The number of esters is 1. The zero-order valence-corrected chi connectivity index (χ0v) is 28.3. The number of carbonyl (C=O) groups excluding carboxylic acids is 3. The molecule has 2 aromatic carbocycles. The van der Waals surface area contributed by atoms with Gasteiger partial charge in [-0.1, -0.05) is 87.5 Å². The van der Waals surface area contributed by atoms with Crippen molar-refractivity contribution < 1.29 is 36.7 Å². The van der Waals surface area contributed by atoms with Gasteiger partial charge in [-0.3, -0.25) is 9.69 Å². The number of carbonyl (C=O) groups is 3. The van der Waals surface area contributed by atoms with Gasteiger partial charge < -0.3 is 24.3 Å². The molecule has 1 N–H and O–H groups in total. The van der Waals surface area contributed by atoms with Crippen molar-refractivity contribution in [3.05, 3.63) is 83.9 Å². The predicted molar refractivity (Wildman–Crippen MR) is 172 cm³/mol. The highest BCUT2D eigenvalue weighted by Gasteiger charge is 2.45. The standard InChI is InChI=1S/C33H45F3N4O5Si/c1-32(2,3)46(5,6)45-28(18-13-19-29(41)44-4)27(20-37-30(42)33(34,35)36)40-23-38(21-25-14-9-7-10-15-25)31(43)39(24-40)22-26-16-11-8-12-17-26/h7-17,19,27-28H,18,20-24H2,1-6H3,(H,37,42)/b19-13-/t27-,28+/m0/s1. The van der Waals surface area contributed by atoms with Crippen LogP contribution in [0.5, 0.6) is 0 Å². The highest BCUT2D eigenvalue weighted by molar-refractivity contribution is 6.74. The van der Waals surface area contributed by atoms with Crippen molar-refractivity contribution in [1.82, 2.24) is 20.0 Å². The Morgan fingerprint density at radius 3 is 1.87 bits per heavy atom. The first-order valence-electron chi connectivity index (χ1n) is 15.1. The highest BCUT2D eigenvalue weighted by atomic mass is 28.4. The summed E-state index contributed by atoms with van der Waals surface area (Å²) in [6.07, 6.45) is -2.87. The minimum Gasteiger partial charge on any atom is -0.466 e. The van der Waals surface area contributed by atoms with Gasteiger partial charge in [-0.25, -0.2) is 9.59 Å². The van der Waals surface area contributed by atoms with E-state index in [1.54, 1.807) is 15.9 Å². The molecule has 0 radical (unpaired) electrons. The molecule has 9 nitrogen and oxygen atoms in total.